The number of aliphatic imine (C=N–C) groups is 1. The predicted molar refractivity (Wildman–Crippen MR) is 121 cm³/mol. The van der Waals surface area contributed by atoms with Gasteiger partial charge in [0, 0.05) is 12.1 Å². The number of rotatable bonds is 5. The summed E-state index contributed by atoms with van der Waals surface area (Å²) in [6.45, 7) is 0. The number of hydrogen-bond donors (Lipinski definition) is 2. The highest BCUT2D eigenvalue weighted by Gasteiger charge is 2.30. The lowest BCUT2D eigenvalue weighted by atomic mass is 10.1. The predicted octanol–water partition coefficient (Wildman–Crippen LogP) is 4.33. The fourth-order valence-corrected chi connectivity index (χ4v) is 4.61. The number of hydrogen-bond acceptors (Lipinski definition) is 4. The standard InChI is InChI=1S/C23H18N4O2S/c28-21(24-16-10-9-14-5-1-2-6-15(14)11-16)12-19-23(29)27-22(30-19)13-20-25-17-7-3-4-8-18(17)26-20/h1-11,19H,12-13H2,(H,24,28)(H,25,26). The quantitative estimate of drug-likeness (QED) is 0.509. The molecule has 7 heteroatoms. The van der Waals surface area contributed by atoms with Gasteiger partial charge in [-0.15, -0.1) is 0 Å². The molecule has 1 aromatic heterocycles. The van der Waals surface area contributed by atoms with Crippen LogP contribution in [0.15, 0.2) is 71.7 Å². The number of carbonyl (C=O) groups excluding carboxylic acids is 2. The molecule has 0 radical (unpaired) electrons. The van der Waals surface area contributed by atoms with Crippen molar-refractivity contribution in [2.24, 2.45) is 4.99 Å². The van der Waals surface area contributed by atoms with Gasteiger partial charge in [0.25, 0.3) is 5.91 Å². The Morgan fingerprint density at radius 1 is 1.03 bits per heavy atom. The summed E-state index contributed by atoms with van der Waals surface area (Å²) in [4.78, 5) is 36.7. The maximum atomic E-state index is 12.5. The lowest BCUT2D eigenvalue weighted by Crippen LogP contribution is -2.21. The smallest absolute Gasteiger partial charge is 0.260 e. The van der Waals surface area contributed by atoms with Crippen molar-refractivity contribution in [1.82, 2.24) is 9.97 Å². The van der Waals surface area contributed by atoms with E-state index in [0.29, 0.717) is 11.5 Å². The minimum Gasteiger partial charge on any atom is -0.342 e. The normalized spacial score (nSPS) is 16.2. The van der Waals surface area contributed by atoms with Crippen LogP contribution in [0.3, 0.4) is 0 Å². The molecule has 5 rings (SSSR count). The summed E-state index contributed by atoms with van der Waals surface area (Å²) in [6, 6.07) is 21.5. The number of fused-ring (bicyclic) bond motifs is 2. The fraction of sp³-hybridized carbons (Fsp3) is 0.130. The Morgan fingerprint density at radius 3 is 2.70 bits per heavy atom. The molecule has 1 aliphatic rings. The Bertz CT molecular complexity index is 1280. The third kappa shape index (κ3) is 3.84. The van der Waals surface area contributed by atoms with Crippen molar-refractivity contribution in [1.29, 1.82) is 0 Å². The molecule has 0 bridgehead atoms. The van der Waals surface area contributed by atoms with Gasteiger partial charge in [0.05, 0.1) is 22.5 Å². The number of amides is 2. The molecule has 148 valence electrons. The van der Waals surface area contributed by atoms with E-state index in [0.717, 1.165) is 33.3 Å². The molecule has 0 aliphatic carbocycles. The average molecular weight is 414 g/mol. The summed E-state index contributed by atoms with van der Waals surface area (Å²) in [5, 5.41) is 5.24. The van der Waals surface area contributed by atoms with E-state index in [1.54, 1.807) is 0 Å². The van der Waals surface area contributed by atoms with E-state index in [1.807, 2.05) is 66.7 Å². The summed E-state index contributed by atoms with van der Waals surface area (Å²) >= 11 is 1.34. The number of nitrogens with one attached hydrogen (secondary N) is 2. The van der Waals surface area contributed by atoms with Crippen LogP contribution in [0, 0.1) is 0 Å². The molecule has 0 saturated heterocycles. The van der Waals surface area contributed by atoms with Crippen LogP contribution in [0.25, 0.3) is 21.8 Å². The second-order valence-corrected chi connectivity index (χ2v) is 8.42. The Hall–Kier alpha value is -3.45. The topological polar surface area (TPSA) is 87.2 Å². The lowest BCUT2D eigenvalue weighted by molar-refractivity contribution is -0.121. The molecular formula is C23H18N4O2S. The molecule has 6 nitrogen and oxygen atoms in total. The third-order valence-corrected chi connectivity index (χ3v) is 6.11. The number of anilines is 1. The molecule has 1 unspecified atom stereocenters. The molecule has 1 aliphatic heterocycles. The Labute approximate surface area is 176 Å². The number of aromatic amines is 1. The van der Waals surface area contributed by atoms with E-state index in [4.69, 9.17) is 0 Å². The van der Waals surface area contributed by atoms with Crippen molar-refractivity contribution in [3.8, 4) is 0 Å². The number of nitrogens with zero attached hydrogens (tertiary/aromatic N) is 2. The van der Waals surface area contributed by atoms with Gasteiger partial charge in [-0.25, -0.2) is 9.98 Å². The molecule has 1 atom stereocenters. The van der Waals surface area contributed by atoms with E-state index in [1.165, 1.54) is 11.8 Å². The first-order valence-electron chi connectivity index (χ1n) is 9.64. The molecular weight excluding hydrogens is 396 g/mol. The lowest BCUT2D eigenvalue weighted by Gasteiger charge is -2.09. The third-order valence-electron chi connectivity index (χ3n) is 4.95. The molecule has 30 heavy (non-hydrogen) atoms. The first kappa shape index (κ1) is 18.6. The minimum atomic E-state index is -0.496. The zero-order valence-electron chi connectivity index (χ0n) is 16.0. The molecule has 0 saturated carbocycles. The number of carbonyl (C=O) groups is 2. The van der Waals surface area contributed by atoms with Crippen molar-refractivity contribution in [2.75, 3.05) is 5.32 Å². The Morgan fingerprint density at radius 2 is 1.83 bits per heavy atom. The summed E-state index contributed by atoms with van der Waals surface area (Å²) < 4.78 is 0. The molecule has 2 heterocycles. The highest BCUT2D eigenvalue weighted by atomic mass is 32.2. The van der Waals surface area contributed by atoms with Crippen molar-refractivity contribution in [3.63, 3.8) is 0 Å². The van der Waals surface area contributed by atoms with Gasteiger partial charge in [-0.3, -0.25) is 9.59 Å². The van der Waals surface area contributed by atoms with Gasteiger partial charge < -0.3 is 10.3 Å². The van der Waals surface area contributed by atoms with Crippen LogP contribution in [0.1, 0.15) is 12.2 Å². The number of thioether (sulfide) groups is 1. The SMILES string of the molecule is O=C(CC1SC(Cc2nc3ccccc3[nH]2)=NC1=O)Nc1ccc2ccccc2c1. The van der Waals surface area contributed by atoms with Gasteiger partial charge >= 0.3 is 0 Å². The number of benzene rings is 3. The molecule has 4 aromatic rings. The highest BCUT2D eigenvalue weighted by Crippen LogP contribution is 2.28. The van der Waals surface area contributed by atoms with E-state index in [9.17, 15) is 9.59 Å². The molecule has 0 spiro atoms. The first-order chi connectivity index (χ1) is 14.6. The van der Waals surface area contributed by atoms with Gasteiger partial charge in [0.15, 0.2) is 0 Å². The number of H-pyrrole nitrogens is 1. The van der Waals surface area contributed by atoms with Gasteiger partial charge in [-0.05, 0) is 35.0 Å². The van der Waals surface area contributed by atoms with Crippen molar-refractivity contribution < 1.29 is 9.59 Å². The first-order valence-corrected chi connectivity index (χ1v) is 10.5. The molecule has 3 aromatic carbocycles. The maximum Gasteiger partial charge on any atom is 0.260 e. The van der Waals surface area contributed by atoms with E-state index in [2.05, 4.69) is 20.3 Å². The maximum absolute atomic E-state index is 12.5. The summed E-state index contributed by atoms with van der Waals surface area (Å²) in [5.74, 6) is 0.299. The van der Waals surface area contributed by atoms with Crippen LogP contribution in [-0.4, -0.2) is 32.1 Å². The largest absolute Gasteiger partial charge is 0.342 e. The van der Waals surface area contributed by atoms with Gasteiger partial charge in [-0.1, -0.05) is 54.2 Å². The molecule has 2 amide bonds. The van der Waals surface area contributed by atoms with Crippen molar-refractivity contribution >= 4 is 56.1 Å². The minimum absolute atomic E-state index is 0.0868. The van der Waals surface area contributed by atoms with E-state index in [-0.39, 0.29) is 18.2 Å². The molecule has 2 N–H and O–H groups in total. The summed E-state index contributed by atoms with van der Waals surface area (Å²) in [5.41, 5.74) is 2.56. The van der Waals surface area contributed by atoms with Crippen molar-refractivity contribution in [2.45, 2.75) is 18.1 Å². The number of aromatic nitrogens is 2. The monoisotopic (exact) mass is 414 g/mol. The van der Waals surface area contributed by atoms with E-state index >= 15 is 0 Å². The number of para-hydroxylation sites is 2. The van der Waals surface area contributed by atoms with Crippen LogP contribution in [-0.2, 0) is 16.0 Å². The van der Waals surface area contributed by atoms with Gasteiger partial charge in [0.2, 0.25) is 5.91 Å². The second-order valence-electron chi connectivity index (χ2n) is 7.14. The van der Waals surface area contributed by atoms with Crippen LogP contribution >= 0.6 is 11.8 Å². The molecule has 0 fully saturated rings. The zero-order valence-corrected chi connectivity index (χ0v) is 16.8. The van der Waals surface area contributed by atoms with Crippen LogP contribution < -0.4 is 5.32 Å². The van der Waals surface area contributed by atoms with Crippen LogP contribution in [0.4, 0.5) is 5.69 Å². The zero-order chi connectivity index (χ0) is 20.5. The number of imidazole rings is 1. The second kappa shape index (κ2) is 7.76. The van der Waals surface area contributed by atoms with E-state index < -0.39 is 5.25 Å². The van der Waals surface area contributed by atoms with Crippen molar-refractivity contribution in [3.05, 3.63) is 72.6 Å². The Kier molecular flexibility index (Phi) is 4.80. The average Bonchev–Trinajstić information content (AvgIpc) is 3.30. The Balaban J connectivity index is 1.21. The fourth-order valence-electron chi connectivity index (χ4n) is 3.53. The van der Waals surface area contributed by atoms with Gasteiger partial charge in [-0.2, -0.15) is 0 Å². The summed E-state index contributed by atoms with van der Waals surface area (Å²) in [7, 11) is 0. The van der Waals surface area contributed by atoms with Gasteiger partial charge in [0.1, 0.15) is 11.1 Å². The van der Waals surface area contributed by atoms with Crippen LogP contribution in [0.2, 0.25) is 0 Å². The summed E-state index contributed by atoms with van der Waals surface area (Å²) in [6.07, 6.45) is 0.539. The highest BCUT2D eigenvalue weighted by molar-refractivity contribution is 8.15. The van der Waals surface area contributed by atoms with Crippen LogP contribution in [0.5, 0.6) is 0 Å².